The van der Waals surface area contributed by atoms with Crippen LogP contribution in [0.4, 0.5) is 15.8 Å². The van der Waals surface area contributed by atoms with Gasteiger partial charge >= 0.3 is 5.69 Å². The Bertz CT molecular complexity index is 2720. The predicted octanol–water partition coefficient (Wildman–Crippen LogP) is 6.21. The Balaban J connectivity index is 0.801. The average molecular weight is 942 g/mol. The molecular formula is C49H55Cl2FN8O6. The molecule has 1 unspecified atom stereocenters. The van der Waals surface area contributed by atoms with Gasteiger partial charge in [0.1, 0.15) is 17.3 Å². The minimum atomic E-state index is -1.31. The summed E-state index contributed by atoms with van der Waals surface area (Å²) in [5, 5.41) is 12.8. The molecule has 2 spiro atoms. The summed E-state index contributed by atoms with van der Waals surface area (Å²) in [7, 11) is 3.58. The summed E-state index contributed by atoms with van der Waals surface area (Å²) in [5.74, 6) is -3.03. The summed E-state index contributed by atoms with van der Waals surface area (Å²) in [6.45, 7) is 1.43. The zero-order valence-electron chi connectivity index (χ0n) is 37.1. The number of imidazole rings is 1. The zero-order chi connectivity index (χ0) is 46.2. The molecular weight excluding hydrogens is 886 g/mol. The van der Waals surface area contributed by atoms with Gasteiger partial charge in [-0.05, 0) is 105 Å². The Morgan fingerprint density at radius 2 is 1.61 bits per heavy atom. The highest BCUT2D eigenvalue weighted by molar-refractivity contribution is 6.31. The first-order valence-electron chi connectivity index (χ1n) is 23.4. The fourth-order valence-electron chi connectivity index (χ4n) is 12.8. The molecule has 2 saturated carbocycles. The highest BCUT2D eigenvalue weighted by atomic mass is 35.5. The van der Waals surface area contributed by atoms with E-state index in [0.29, 0.717) is 78.9 Å². The first-order chi connectivity index (χ1) is 31.7. The molecule has 5 heterocycles. The molecule has 6 aliphatic rings. The van der Waals surface area contributed by atoms with Crippen LogP contribution in [0.2, 0.25) is 10.0 Å². The molecule has 2 aliphatic carbocycles. The van der Waals surface area contributed by atoms with Gasteiger partial charge in [-0.2, -0.15) is 0 Å². The fraction of sp³-hybridized carbons (Fsp3) is 0.510. The summed E-state index contributed by atoms with van der Waals surface area (Å²) in [6, 6.07) is 14.1. The van der Waals surface area contributed by atoms with Crippen LogP contribution in [-0.4, -0.2) is 87.4 Å². The minimum absolute atomic E-state index is 0.0542. The Morgan fingerprint density at radius 1 is 0.864 bits per heavy atom. The largest absolute Gasteiger partial charge is 0.371 e. The number of anilines is 2. The number of nitrogens with one attached hydrogen (secondary N) is 4. The summed E-state index contributed by atoms with van der Waals surface area (Å²) in [6.07, 6.45) is 8.35. The molecule has 5 amide bonds. The molecule has 4 aromatic rings. The van der Waals surface area contributed by atoms with Gasteiger partial charge in [0.25, 0.3) is 0 Å². The number of amides is 5. The van der Waals surface area contributed by atoms with E-state index < -0.39 is 40.7 Å². The molecule has 3 saturated heterocycles. The van der Waals surface area contributed by atoms with Crippen molar-refractivity contribution in [3.8, 4) is 0 Å². The molecule has 0 bridgehead atoms. The molecule has 10 rings (SSSR count). The Kier molecular flexibility index (Phi) is 11.6. The number of hydrogen-bond acceptors (Lipinski definition) is 8. The van der Waals surface area contributed by atoms with Gasteiger partial charge in [0.05, 0.1) is 22.1 Å². The van der Waals surface area contributed by atoms with Crippen molar-refractivity contribution >= 4 is 75.1 Å². The molecule has 66 heavy (non-hydrogen) atoms. The van der Waals surface area contributed by atoms with Crippen LogP contribution in [0.1, 0.15) is 107 Å². The van der Waals surface area contributed by atoms with Gasteiger partial charge in [-0.1, -0.05) is 60.7 Å². The van der Waals surface area contributed by atoms with Crippen LogP contribution in [0.15, 0.2) is 59.4 Å². The van der Waals surface area contributed by atoms with Crippen molar-refractivity contribution < 1.29 is 28.4 Å². The predicted molar refractivity (Wildman–Crippen MR) is 249 cm³/mol. The number of carbonyl (C=O) groups excluding carboxylic acids is 5. The van der Waals surface area contributed by atoms with Crippen molar-refractivity contribution in [3.05, 3.63) is 92.1 Å². The van der Waals surface area contributed by atoms with Crippen molar-refractivity contribution in [1.29, 1.82) is 0 Å². The van der Waals surface area contributed by atoms with Crippen molar-refractivity contribution in [1.82, 2.24) is 30.0 Å². The van der Waals surface area contributed by atoms with Crippen molar-refractivity contribution in [2.24, 2.45) is 13.0 Å². The molecule has 1 aromatic heterocycles. The summed E-state index contributed by atoms with van der Waals surface area (Å²) in [4.78, 5) is 85.4. The second kappa shape index (κ2) is 17.1. The van der Waals surface area contributed by atoms with E-state index in [4.69, 9.17) is 23.2 Å². The number of hydrogen-bond donors (Lipinski definition) is 4. The van der Waals surface area contributed by atoms with E-state index in [1.807, 2.05) is 36.2 Å². The normalized spacial score (nSPS) is 27.6. The van der Waals surface area contributed by atoms with Crippen LogP contribution in [0.25, 0.3) is 11.0 Å². The van der Waals surface area contributed by atoms with Gasteiger partial charge in [-0.3, -0.25) is 43.7 Å². The number of aryl methyl sites for hydroxylation is 1. The molecule has 4 N–H and O–H groups in total. The maximum atomic E-state index is 16.4. The van der Waals surface area contributed by atoms with Gasteiger partial charge < -0.3 is 20.4 Å². The minimum Gasteiger partial charge on any atom is -0.371 e. The highest BCUT2D eigenvalue weighted by Gasteiger charge is 2.72. The van der Waals surface area contributed by atoms with Crippen molar-refractivity contribution in [3.63, 3.8) is 0 Å². The third kappa shape index (κ3) is 7.13. The van der Waals surface area contributed by atoms with Crippen LogP contribution in [0, 0.1) is 11.7 Å². The Morgan fingerprint density at radius 3 is 2.33 bits per heavy atom. The number of nitrogens with zero attached hydrogens (tertiary/aromatic N) is 4. The van der Waals surface area contributed by atoms with Crippen molar-refractivity contribution in [2.75, 3.05) is 30.4 Å². The maximum absolute atomic E-state index is 16.4. The topological polar surface area (TPSA) is 167 Å². The lowest BCUT2D eigenvalue weighted by molar-refractivity contribution is -0.138. The lowest BCUT2D eigenvalue weighted by Gasteiger charge is -2.47. The van der Waals surface area contributed by atoms with Crippen LogP contribution < -0.4 is 31.9 Å². The van der Waals surface area contributed by atoms with E-state index >= 15 is 4.39 Å². The van der Waals surface area contributed by atoms with Gasteiger partial charge in [0.15, 0.2) is 0 Å². The van der Waals surface area contributed by atoms with E-state index in [0.717, 1.165) is 37.8 Å². The summed E-state index contributed by atoms with van der Waals surface area (Å²) >= 11 is 12.9. The fourth-order valence-corrected chi connectivity index (χ4v) is 13.1. The van der Waals surface area contributed by atoms with Crippen LogP contribution in [0.5, 0.6) is 0 Å². The highest BCUT2D eigenvalue weighted by Crippen LogP contribution is 2.63. The summed E-state index contributed by atoms with van der Waals surface area (Å²) < 4.78 is 19.4. The summed E-state index contributed by atoms with van der Waals surface area (Å²) in [5.41, 5.74) is 1.32. The number of piperidine rings is 2. The molecule has 3 aromatic carbocycles. The van der Waals surface area contributed by atoms with E-state index in [-0.39, 0.29) is 70.7 Å². The van der Waals surface area contributed by atoms with Gasteiger partial charge in [0.2, 0.25) is 29.5 Å². The molecule has 348 valence electrons. The Hall–Kier alpha value is -5.25. The Labute approximate surface area is 391 Å². The van der Waals surface area contributed by atoms with E-state index in [1.165, 1.54) is 10.6 Å². The van der Waals surface area contributed by atoms with Gasteiger partial charge in [-0.15, -0.1) is 0 Å². The number of carbonyl (C=O) groups is 5. The third-order valence-corrected chi connectivity index (χ3v) is 16.6. The quantitative estimate of drug-likeness (QED) is 0.159. The first-order valence-corrected chi connectivity index (χ1v) is 24.2. The van der Waals surface area contributed by atoms with Crippen LogP contribution in [0.3, 0.4) is 0 Å². The number of rotatable bonds is 7. The van der Waals surface area contributed by atoms with Crippen LogP contribution >= 0.6 is 23.2 Å². The van der Waals surface area contributed by atoms with E-state index in [9.17, 15) is 28.8 Å². The zero-order valence-corrected chi connectivity index (χ0v) is 38.7. The third-order valence-electron chi connectivity index (χ3n) is 16.0. The number of imide groups is 1. The lowest BCUT2D eigenvalue weighted by Crippen LogP contribution is -2.60. The lowest BCUT2D eigenvalue weighted by atomic mass is 9.55. The second-order valence-corrected chi connectivity index (χ2v) is 20.3. The SMILES string of the molecule is CN(C(=O)C1CCC(NC(=O)[C@@H]2NC3(CCCCC3)[C@@]3(C(=O)Nc4cc(Cl)ccc43)[C@H]2c2cccc(Cl)c2F)CC1)C1CCN(c2ccc3c(c2)n(C)c(=O)n3C2CCC(=O)NC2=O)CC1. The van der Waals surface area contributed by atoms with E-state index in [1.54, 1.807) is 35.9 Å². The molecule has 4 atom stereocenters. The molecule has 0 radical (unpaired) electrons. The number of aromatic nitrogens is 2. The smallest absolute Gasteiger partial charge is 0.329 e. The van der Waals surface area contributed by atoms with Gasteiger partial charge in [-0.25, -0.2) is 9.18 Å². The van der Waals surface area contributed by atoms with E-state index in [2.05, 4.69) is 26.2 Å². The first kappa shape index (κ1) is 44.6. The number of fused-ring (bicyclic) bond motifs is 4. The molecule has 5 fully saturated rings. The molecule has 14 nitrogen and oxygen atoms in total. The monoisotopic (exact) mass is 940 g/mol. The second-order valence-electron chi connectivity index (χ2n) is 19.4. The van der Waals surface area contributed by atoms with Crippen molar-refractivity contribution in [2.45, 2.75) is 125 Å². The number of benzene rings is 3. The molecule has 4 aliphatic heterocycles. The number of halogens is 3. The maximum Gasteiger partial charge on any atom is 0.329 e. The average Bonchev–Trinajstić information content (AvgIpc) is 3.87. The van der Waals surface area contributed by atoms with Crippen LogP contribution in [-0.2, 0) is 36.4 Å². The molecule has 17 heteroatoms. The van der Waals surface area contributed by atoms with Gasteiger partial charge in [0, 0.05) is 79.5 Å². The standard InChI is InChI=1S/C49H55Cl2FN8O6/c1-57(30-19-23-59(24-20-30)31-14-16-36-38(26-31)58(2)47(66)60(36)37-17-18-39(61)55-43(37)62)45(64)27-9-12-29(13-10-27)53-44(63)42-40(32-7-6-8-34(51)41(32)52)49(48(56-42)21-4-3-5-22-48)33-15-11-28(50)25-35(33)54-46(49)65/h6-8,11,14-16,25-27,29-30,37,40,42,56H,3-5,9-10,12-13,17-24H2,1-2H3,(H,53,63)(H,54,65)(H,55,61,62)/t27?,29?,37?,40-,42+,49+/m0/s1.